The van der Waals surface area contributed by atoms with Crippen LogP contribution < -0.4 is 0 Å². The van der Waals surface area contributed by atoms with E-state index in [1.807, 2.05) is 19.9 Å². The molecule has 0 N–H and O–H groups in total. The molecule has 0 bridgehead atoms. The lowest BCUT2D eigenvalue weighted by molar-refractivity contribution is 0.104. The third kappa shape index (κ3) is 1.94. The highest BCUT2D eigenvalue weighted by atomic mass is 32.1. The summed E-state index contributed by atoms with van der Waals surface area (Å²) in [6.07, 6.45) is 4.91. The Morgan fingerprint density at radius 2 is 2.13 bits per heavy atom. The van der Waals surface area contributed by atoms with Crippen molar-refractivity contribution in [2.24, 2.45) is 0 Å². The second-order valence-corrected chi connectivity index (χ2v) is 4.50. The van der Waals surface area contributed by atoms with E-state index >= 15 is 0 Å². The Balaban J connectivity index is 2.41. The van der Waals surface area contributed by atoms with Gasteiger partial charge < -0.3 is 0 Å². The Labute approximate surface area is 91.8 Å². The van der Waals surface area contributed by atoms with Gasteiger partial charge in [-0.3, -0.25) is 9.78 Å². The highest BCUT2D eigenvalue weighted by molar-refractivity contribution is 7.13. The molecule has 0 aromatic carbocycles. The standard InChI is InChI=1S/C11H10N2OS/c1-7-3-4-12-5-9(7)11(14)10-6-13-8(2)15-10/h3-6H,1-2H3. The molecule has 2 rings (SSSR count). The monoisotopic (exact) mass is 218 g/mol. The number of rotatable bonds is 2. The molecule has 2 aromatic heterocycles. The molecule has 4 heteroatoms. The summed E-state index contributed by atoms with van der Waals surface area (Å²) in [6.45, 7) is 3.79. The molecule has 0 amide bonds. The maximum Gasteiger partial charge on any atom is 0.206 e. The van der Waals surface area contributed by atoms with Gasteiger partial charge in [0.05, 0.1) is 9.88 Å². The average Bonchev–Trinajstić information content (AvgIpc) is 2.65. The first kappa shape index (κ1) is 9.98. The van der Waals surface area contributed by atoms with Crippen LogP contribution in [0.1, 0.15) is 25.8 Å². The van der Waals surface area contributed by atoms with Crippen molar-refractivity contribution < 1.29 is 4.79 Å². The molecule has 0 unspecified atom stereocenters. The fourth-order valence-corrected chi connectivity index (χ4v) is 2.03. The first-order chi connectivity index (χ1) is 7.18. The SMILES string of the molecule is Cc1ncc(C(=O)c2cnccc2C)s1. The number of carbonyl (C=O) groups excluding carboxylic acids is 1. The van der Waals surface area contributed by atoms with Gasteiger partial charge in [0, 0.05) is 24.2 Å². The molecular formula is C11H10N2OS. The Kier molecular flexibility index (Phi) is 2.60. The molecule has 0 spiro atoms. The van der Waals surface area contributed by atoms with Crippen LogP contribution in [0.4, 0.5) is 0 Å². The molecule has 3 nitrogen and oxygen atoms in total. The summed E-state index contributed by atoms with van der Waals surface area (Å²) >= 11 is 1.41. The highest BCUT2D eigenvalue weighted by Crippen LogP contribution is 2.17. The Bertz CT molecular complexity index is 505. The molecule has 0 saturated heterocycles. The van der Waals surface area contributed by atoms with Crippen LogP contribution in [-0.4, -0.2) is 15.8 Å². The number of aromatic nitrogens is 2. The lowest BCUT2D eigenvalue weighted by Crippen LogP contribution is -2.01. The summed E-state index contributed by atoms with van der Waals surface area (Å²) in [6, 6.07) is 1.83. The molecule has 0 atom stereocenters. The third-order valence-electron chi connectivity index (χ3n) is 2.13. The summed E-state index contributed by atoms with van der Waals surface area (Å²) in [5, 5.41) is 0.903. The second kappa shape index (κ2) is 3.90. The van der Waals surface area contributed by atoms with Gasteiger partial charge in [-0.1, -0.05) is 0 Å². The van der Waals surface area contributed by atoms with Crippen LogP contribution in [0, 0.1) is 13.8 Å². The van der Waals surface area contributed by atoms with E-state index < -0.39 is 0 Å². The maximum atomic E-state index is 12.0. The number of hydrogen-bond acceptors (Lipinski definition) is 4. The van der Waals surface area contributed by atoms with Gasteiger partial charge >= 0.3 is 0 Å². The van der Waals surface area contributed by atoms with Crippen LogP contribution in [-0.2, 0) is 0 Å². The van der Waals surface area contributed by atoms with E-state index in [1.54, 1.807) is 18.6 Å². The fraction of sp³-hybridized carbons (Fsp3) is 0.182. The third-order valence-corrected chi connectivity index (χ3v) is 3.04. The lowest BCUT2D eigenvalue weighted by atomic mass is 10.1. The smallest absolute Gasteiger partial charge is 0.206 e. The second-order valence-electron chi connectivity index (χ2n) is 3.26. The Hall–Kier alpha value is -1.55. The van der Waals surface area contributed by atoms with Crippen molar-refractivity contribution in [1.82, 2.24) is 9.97 Å². The number of nitrogens with zero attached hydrogens (tertiary/aromatic N) is 2. The lowest BCUT2D eigenvalue weighted by Gasteiger charge is -2.00. The van der Waals surface area contributed by atoms with Crippen molar-refractivity contribution in [3.05, 3.63) is 45.7 Å². The van der Waals surface area contributed by atoms with Crippen LogP contribution in [0.5, 0.6) is 0 Å². The van der Waals surface area contributed by atoms with Gasteiger partial charge in [0.25, 0.3) is 0 Å². The van der Waals surface area contributed by atoms with Gasteiger partial charge in [-0.15, -0.1) is 11.3 Å². The van der Waals surface area contributed by atoms with Crippen molar-refractivity contribution in [3.63, 3.8) is 0 Å². The first-order valence-corrected chi connectivity index (χ1v) is 5.38. The molecule has 0 aliphatic heterocycles. The van der Waals surface area contributed by atoms with Crippen LogP contribution in [0.2, 0.25) is 0 Å². The van der Waals surface area contributed by atoms with Gasteiger partial charge in [0.15, 0.2) is 0 Å². The number of ketones is 1. The zero-order chi connectivity index (χ0) is 10.8. The largest absolute Gasteiger partial charge is 0.288 e. The van der Waals surface area contributed by atoms with E-state index in [2.05, 4.69) is 9.97 Å². The number of aryl methyl sites for hydroxylation is 2. The summed E-state index contributed by atoms with van der Waals surface area (Å²) < 4.78 is 0. The molecule has 0 fully saturated rings. The predicted octanol–water partition coefficient (Wildman–Crippen LogP) is 2.39. The molecule has 0 saturated carbocycles. The molecule has 0 aliphatic rings. The van der Waals surface area contributed by atoms with Gasteiger partial charge in [-0.2, -0.15) is 0 Å². The topological polar surface area (TPSA) is 42.9 Å². The Morgan fingerprint density at radius 1 is 1.33 bits per heavy atom. The molecule has 15 heavy (non-hydrogen) atoms. The van der Waals surface area contributed by atoms with Crippen molar-refractivity contribution >= 4 is 17.1 Å². The van der Waals surface area contributed by atoms with Crippen LogP contribution >= 0.6 is 11.3 Å². The molecule has 0 radical (unpaired) electrons. The number of hydrogen-bond donors (Lipinski definition) is 0. The van der Waals surface area contributed by atoms with E-state index in [0.717, 1.165) is 10.6 Å². The molecule has 76 valence electrons. The first-order valence-electron chi connectivity index (χ1n) is 4.56. The summed E-state index contributed by atoms with van der Waals surface area (Å²) in [5.41, 5.74) is 1.60. The molecule has 0 aliphatic carbocycles. The quantitative estimate of drug-likeness (QED) is 0.727. The van der Waals surface area contributed by atoms with Gasteiger partial charge in [-0.05, 0) is 25.5 Å². The summed E-state index contributed by atoms with van der Waals surface area (Å²) in [7, 11) is 0. The van der Waals surface area contributed by atoms with Crippen LogP contribution in [0.25, 0.3) is 0 Å². The zero-order valence-electron chi connectivity index (χ0n) is 8.52. The van der Waals surface area contributed by atoms with Gasteiger partial charge in [0.2, 0.25) is 5.78 Å². The van der Waals surface area contributed by atoms with E-state index in [0.29, 0.717) is 10.4 Å². The number of thiazole rings is 1. The average molecular weight is 218 g/mol. The fourth-order valence-electron chi connectivity index (χ4n) is 1.30. The highest BCUT2D eigenvalue weighted by Gasteiger charge is 2.13. The predicted molar refractivity (Wildman–Crippen MR) is 59.3 cm³/mol. The molecular weight excluding hydrogens is 208 g/mol. The van der Waals surface area contributed by atoms with Crippen LogP contribution in [0.3, 0.4) is 0 Å². The Morgan fingerprint density at radius 3 is 2.73 bits per heavy atom. The molecule has 2 aromatic rings. The molecule has 2 heterocycles. The van der Waals surface area contributed by atoms with Gasteiger partial charge in [0.1, 0.15) is 0 Å². The minimum absolute atomic E-state index is 0.00574. The minimum Gasteiger partial charge on any atom is -0.288 e. The normalized spacial score (nSPS) is 10.3. The van der Waals surface area contributed by atoms with Crippen LogP contribution in [0.15, 0.2) is 24.7 Å². The summed E-state index contributed by atoms with van der Waals surface area (Å²) in [5.74, 6) is 0.00574. The van der Waals surface area contributed by atoms with Crippen molar-refractivity contribution in [1.29, 1.82) is 0 Å². The van der Waals surface area contributed by atoms with Crippen molar-refractivity contribution in [3.8, 4) is 0 Å². The maximum absolute atomic E-state index is 12.0. The number of carbonyl (C=O) groups is 1. The van der Waals surface area contributed by atoms with E-state index in [4.69, 9.17) is 0 Å². The van der Waals surface area contributed by atoms with E-state index in [9.17, 15) is 4.79 Å². The van der Waals surface area contributed by atoms with E-state index in [1.165, 1.54) is 11.3 Å². The van der Waals surface area contributed by atoms with Gasteiger partial charge in [-0.25, -0.2) is 4.98 Å². The number of pyridine rings is 1. The zero-order valence-corrected chi connectivity index (χ0v) is 9.34. The minimum atomic E-state index is 0.00574. The summed E-state index contributed by atoms with van der Waals surface area (Å²) in [4.78, 5) is 20.7. The van der Waals surface area contributed by atoms with Crippen molar-refractivity contribution in [2.75, 3.05) is 0 Å². The van der Waals surface area contributed by atoms with Crippen molar-refractivity contribution in [2.45, 2.75) is 13.8 Å². The van der Waals surface area contributed by atoms with E-state index in [-0.39, 0.29) is 5.78 Å².